The van der Waals surface area contributed by atoms with Gasteiger partial charge in [0.25, 0.3) is 0 Å². The maximum Gasteiger partial charge on any atom is 0.408 e. The molecule has 1 fully saturated rings. The molecule has 0 unspecified atom stereocenters. The van der Waals surface area contributed by atoms with E-state index in [0.717, 1.165) is 19.4 Å². The number of hydrogen-bond donors (Lipinski definition) is 1. The van der Waals surface area contributed by atoms with Gasteiger partial charge in [-0.25, -0.2) is 9.78 Å². The minimum Gasteiger partial charge on any atom is -0.444 e. The normalized spacial score (nSPS) is 27.6. The Balaban J connectivity index is 2.06. The summed E-state index contributed by atoms with van der Waals surface area (Å²) in [4.78, 5) is 16.2. The number of carbonyl (C=O) groups is 1. The number of carbonyl (C=O) groups excluding carboxylic acids is 1. The number of nitrogens with zero attached hydrogens (tertiary/aromatic N) is 3. The van der Waals surface area contributed by atoms with E-state index in [0.29, 0.717) is 5.92 Å². The first-order valence-electron chi connectivity index (χ1n) is 7.87. The Hall–Kier alpha value is -1.59. The maximum atomic E-state index is 12.2. The molecule has 0 radical (unpaired) electrons. The zero-order chi connectivity index (χ0) is 16.6. The molecule has 6 nitrogen and oxygen atoms in total. The second-order valence-electron chi connectivity index (χ2n) is 8.03. The molecule has 6 heteroatoms. The SMILES string of the molecule is CC(C)(C)OC(=O)N[C@]1(C)CC[C@H](Cn2cncn2)C1(C)C. The lowest BCUT2D eigenvalue weighted by molar-refractivity contribution is 0.0340. The molecule has 124 valence electrons. The van der Waals surface area contributed by atoms with Gasteiger partial charge >= 0.3 is 6.09 Å². The molecule has 1 heterocycles. The molecule has 0 saturated heterocycles. The van der Waals surface area contributed by atoms with Gasteiger partial charge in [-0.05, 0) is 51.9 Å². The van der Waals surface area contributed by atoms with Crippen LogP contribution < -0.4 is 5.32 Å². The third-order valence-electron chi connectivity index (χ3n) is 5.09. The Labute approximate surface area is 132 Å². The van der Waals surface area contributed by atoms with Crippen LogP contribution in [0.3, 0.4) is 0 Å². The van der Waals surface area contributed by atoms with Crippen LogP contribution in [0.4, 0.5) is 4.79 Å². The molecule has 1 aliphatic carbocycles. The molecule has 1 saturated carbocycles. The van der Waals surface area contributed by atoms with Gasteiger partial charge in [0.15, 0.2) is 0 Å². The molecule has 1 N–H and O–H groups in total. The van der Waals surface area contributed by atoms with Gasteiger partial charge in [-0.15, -0.1) is 0 Å². The summed E-state index contributed by atoms with van der Waals surface area (Å²) in [6.07, 6.45) is 4.93. The Morgan fingerprint density at radius 3 is 2.64 bits per heavy atom. The zero-order valence-corrected chi connectivity index (χ0v) is 14.5. The summed E-state index contributed by atoms with van der Waals surface area (Å²) in [5, 5.41) is 7.30. The average molecular weight is 308 g/mol. The number of aromatic nitrogens is 3. The molecular weight excluding hydrogens is 280 g/mol. The maximum absolute atomic E-state index is 12.2. The van der Waals surface area contributed by atoms with Gasteiger partial charge in [0.05, 0.1) is 0 Å². The standard InChI is InChI=1S/C16H28N4O2/c1-14(2,3)22-13(21)19-16(6)8-7-12(15(16,4)5)9-20-11-17-10-18-20/h10-12H,7-9H2,1-6H3,(H,19,21)/t12-,16-/m1/s1. The highest BCUT2D eigenvalue weighted by Gasteiger charge is 2.52. The molecule has 22 heavy (non-hydrogen) atoms. The lowest BCUT2D eigenvalue weighted by Crippen LogP contribution is -2.55. The monoisotopic (exact) mass is 308 g/mol. The third kappa shape index (κ3) is 3.42. The number of alkyl carbamates (subject to hydrolysis) is 1. The molecule has 2 rings (SSSR count). The fraction of sp³-hybridized carbons (Fsp3) is 0.812. The number of amides is 1. The molecule has 0 bridgehead atoms. The predicted molar refractivity (Wildman–Crippen MR) is 84.3 cm³/mol. The first-order chi connectivity index (χ1) is 10.0. The van der Waals surface area contributed by atoms with Crippen LogP contribution in [0, 0.1) is 11.3 Å². The second-order valence-corrected chi connectivity index (χ2v) is 8.03. The highest BCUT2D eigenvalue weighted by atomic mass is 16.6. The van der Waals surface area contributed by atoms with Gasteiger partial charge in [0.2, 0.25) is 0 Å². The lowest BCUT2D eigenvalue weighted by atomic mass is 9.71. The van der Waals surface area contributed by atoms with Gasteiger partial charge in [-0.1, -0.05) is 13.8 Å². The fourth-order valence-electron chi connectivity index (χ4n) is 3.22. The number of rotatable bonds is 3. The van der Waals surface area contributed by atoms with Crippen molar-refractivity contribution in [3.8, 4) is 0 Å². The lowest BCUT2D eigenvalue weighted by Gasteiger charge is -2.42. The third-order valence-corrected chi connectivity index (χ3v) is 5.09. The highest BCUT2D eigenvalue weighted by molar-refractivity contribution is 5.69. The van der Waals surface area contributed by atoms with E-state index in [2.05, 4.69) is 36.2 Å². The molecule has 1 aromatic rings. The molecule has 0 spiro atoms. The largest absolute Gasteiger partial charge is 0.444 e. The minimum absolute atomic E-state index is 0.0597. The summed E-state index contributed by atoms with van der Waals surface area (Å²) < 4.78 is 7.29. The first-order valence-corrected chi connectivity index (χ1v) is 7.87. The Morgan fingerprint density at radius 2 is 2.09 bits per heavy atom. The van der Waals surface area contributed by atoms with Crippen molar-refractivity contribution in [2.45, 2.75) is 72.1 Å². The highest BCUT2D eigenvalue weighted by Crippen LogP contribution is 2.50. The van der Waals surface area contributed by atoms with Crippen molar-refractivity contribution in [2.24, 2.45) is 11.3 Å². The summed E-state index contributed by atoms with van der Waals surface area (Å²) in [7, 11) is 0. The van der Waals surface area contributed by atoms with Crippen LogP contribution in [0.15, 0.2) is 12.7 Å². The molecule has 1 aromatic heterocycles. The molecule has 1 amide bonds. The van der Waals surface area contributed by atoms with E-state index in [1.807, 2.05) is 25.5 Å². The number of nitrogens with one attached hydrogen (secondary N) is 1. The number of hydrogen-bond acceptors (Lipinski definition) is 4. The Bertz CT molecular complexity index is 519. The molecule has 0 aromatic carbocycles. The first kappa shape index (κ1) is 16.8. The van der Waals surface area contributed by atoms with Crippen molar-refractivity contribution in [3.63, 3.8) is 0 Å². The topological polar surface area (TPSA) is 69.0 Å². The van der Waals surface area contributed by atoms with Crippen LogP contribution in [0.25, 0.3) is 0 Å². The van der Waals surface area contributed by atoms with Crippen molar-refractivity contribution in [2.75, 3.05) is 0 Å². The van der Waals surface area contributed by atoms with Gasteiger partial charge in [-0.3, -0.25) is 4.68 Å². The molecular formula is C16H28N4O2. The Kier molecular flexibility index (Phi) is 4.24. The Morgan fingerprint density at radius 1 is 1.41 bits per heavy atom. The van der Waals surface area contributed by atoms with Crippen molar-refractivity contribution in [1.82, 2.24) is 20.1 Å². The predicted octanol–water partition coefficient (Wildman–Crippen LogP) is 3.00. The van der Waals surface area contributed by atoms with Crippen molar-refractivity contribution >= 4 is 6.09 Å². The summed E-state index contributed by atoms with van der Waals surface area (Å²) in [5.41, 5.74) is -0.834. The summed E-state index contributed by atoms with van der Waals surface area (Å²) in [6, 6.07) is 0. The van der Waals surface area contributed by atoms with E-state index in [4.69, 9.17) is 4.74 Å². The van der Waals surface area contributed by atoms with Gasteiger partial charge in [0, 0.05) is 12.1 Å². The molecule has 1 aliphatic rings. The van der Waals surface area contributed by atoms with Crippen molar-refractivity contribution < 1.29 is 9.53 Å². The van der Waals surface area contributed by atoms with Gasteiger partial charge in [-0.2, -0.15) is 5.10 Å². The smallest absolute Gasteiger partial charge is 0.408 e. The quantitative estimate of drug-likeness (QED) is 0.932. The fourth-order valence-corrected chi connectivity index (χ4v) is 3.22. The van der Waals surface area contributed by atoms with Gasteiger partial charge < -0.3 is 10.1 Å². The number of ether oxygens (including phenoxy) is 1. The van der Waals surface area contributed by atoms with Crippen LogP contribution in [0.5, 0.6) is 0 Å². The van der Waals surface area contributed by atoms with Crippen LogP contribution in [0.2, 0.25) is 0 Å². The van der Waals surface area contributed by atoms with E-state index in [1.54, 1.807) is 12.7 Å². The summed E-state index contributed by atoms with van der Waals surface area (Å²) in [5.74, 6) is 0.425. The summed E-state index contributed by atoms with van der Waals surface area (Å²) in [6.45, 7) is 13.0. The van der Waals surface area contributed by atoms with Crippen LogP contribution >= 0.6 is 0 Å². The van der Waals surface area contributed by atoms with E-state index < -0.39 is 5.60 Å². The van der Waals surface area contributed by atoms with Crippen LogP contribution in [-0.4, -0.2) is 32.0 Å². The summed E-state index contributed by atoms with van der Waals surface area (Å²) >= 11 is 0. The van der Waals surface area contributed by atoms with Crippen molar-refractivity contribution in [1.29, 1.82) is 0 Å². The average Bonchev–Trinajstić information content (AvgIpc) is 2.90. The molecule has 2 atom stereocenters. The van der Waals surface area contributed by atoms with E-state index >= 15 is 0 Å². The molecule has 0 aliphatic heterocycles. The van der Waals surface area contributed by atoms with E-state index in [-0.39, 0.29) is 17.0 Å². The van der Waals surface area contributed by atoms with Gasteiger partial charge in [0.1, 0.15) is 18.3 Å². The van der Waals surface area contributed by atoms with Crippen LogP contribution in [0.1, 0.15) is 54.4 Å². The van der Waals surface area contributed by atoms with Crippen molar-refractivity contribution in [3.05, 3.63) is 12.7 Å². The zero-order valence-electron chi connectivity index (χ0n) is 14.5. The van der Waals surface area contributed by atoms with E-state index in [1.165, 1.54) is 0 Å². The van der Waals surface area contributed by atoms with Crippen LogP contribution in [-0.2, 0) is 11.3 Å². The van der Waals surface area contributed by atoms with E-state index in [9.17, 15) is 4.79 Å². The minimum atomic E-state index is -0.483. The second kappa shape index (κ2) is 5.56.